The first-order valence-corrected chi connectivity index (χ1v) is 9.41. The molecule has 1 fully saturated rings. The van der Waals surface area contributed by atoms with Crippen molar-refractivity contribution in [3.8, 4) is 0 Å². The molecule has 0 bridgehead atoms. The summed E-state index contributed by atoms with van der Waals surface area (Å²) < 4.78 is 0. The Kier molecular flexibility index (Phi) is 5.15. The first-order chi connectivity index (χ1) is 10.7. The van der Waals surface area contributed by atoms with Crippen LogP contribution < -0.4 is 0 Å². The van der Waals surface area contributed by atoms with E-state index in [2.05, 4.69) is 33.6 Å². The maximum Gasteiger partial charge on any atom is 0.233 e. The first-order valence-electron chi connectivity index (χ1n) is 7.55. The molecule has 5 nitrogen and oxygen atoms in total. The first kappa shape index (κ1) is 15.6. The standard InChI is InChI=1S/C15H20N4OS2/c1-11-4-2-6-19(9-11)14(20)10-22-15-16-13(17-18-15)8-12-5-3-7-21-12/h3,5,7,11H,2,4,6,8-10H2,1H3,(H,16,17,18). The Labute approximate surface area is 138 Å². The lowest BCUT2D eigenvalue weighted by molar-refractivity contribution is -0.130. The summed E-state index contributed by atoms with van der Waals surface area (Å²) in [6.45, 7) is 3.98. The van der Waals surface area contributed by atoms with E-state index in [1.165, 1.54) is 23.1 Å². The summed E-state index contributed by atoms with van der Waals surface area (Å²) in [5, 5.41) is 9.86. The molecule has 3 rings (SSSR count). The Morgan fingerprint density at radius 2 is 2.50 bits per heavy atom. The monoisotopic (exact) mass is 336 g/mol. The molecule has 3 heterocycles. The molecule has 2 aromatic heterocycles. The molecule has 1 saturated heterocycles. The fourth-order valence-electron chi connectivity index (χ4n) is 2.63. The number of piperidine rings is 1. The molecular weight excluding hydrogens is 316 g/mol. The number of thiophene rings is 1. The van der Waals surface area contributed by atoms with E-state index in [4.69, 9.17) is 0 Å². The van der Waals surface area contributed by atoms with E-state index in [1.807, 2.05) is 11.0 Å². The summed E-state index contributed by atoms with van der Waals surface area (Å²) >= 11 is 3.12. The van der Waals surface area contributed by atoms with Crippen molar-refractivity contribution in [1.82, 2.24) is 20.1 Å². The number of hydrogen-bond donors (Lipinski definition) is 1. The summed E-state index contributed by atoms with van der Waals surface area (Å²) in [7, 11) is 0. The number of H-pyrrole nitrogens is 1. The Morgan fingerprint density at radius 1 is 1.59 bits per heavy atom. The minimum atomic E-state index is 0.196. The molecule has 1 aliphatic heterocycles. The van der Waals surface area contributed by atoms with E-state index >= 15 is 0 Å². The SMILES string of the molecule is CC1CCCN(C(=O)CSc2n[nH]c(Cc3cccs3)n2)C1. The number of hydrogen-bond acceptors (Lipinski definition) is 5. The van der Waals surface area contributed by atoms with E-state index in [0.717, 1.165) is 31.8 Å². The van der Waals surface area contributed by atoms with Crippen LogP contribution in [0.25, 0.3) is 0 Å². The number of carbonyl (C=O) groups is 1. The molecule has 7 heteroatoms. The molecule has 1 unspecified atom stereocenters. The molecule has 2 aromatic rings. The average Bonchev–Trinajstić information content (AvgIpc) is 3.17. The number of carbonyl (C=O) groups excluding carboxylic acids is 1. The predicted molar refractivity (Wildman–Crippen MR) is 89.2 cm³/mol. The van der Waals surface area contributed by atoms with Crippen LogP contribution in [0.1, 0.15) is 30.5 Å². The van der Waals surface area contributed by atoms with Crippen LogP contribution in [0.4, 0.5) is 0 Å². The molecule has 1 N–H and O–H groups in total. The quantitative estimate of drug-likeness (QED) is 0.853. The molecule has 0 aliphatic carbocycles. The molecular formula is C15H20N4OS2. The van der Waals surface area contributed by atoms with Gasteiger partial charge in [0.2, 0.25) is 11.1 Å². The third kappa shape index (κ3) is 4.10. The van der Waals surface area contributed by atoms with E-state index in [0.29, 0.717) is 16.8 Å². The zero-order valence-electron chi connectivity index (χ0n) is 12.6. The second kappa shape index (κ2) is 7.28. The summed E-state index contributed by atoms with van der Waals surface area (Å²) in [5.74, 6) is 2.08. The van der Waals surface area contributed by atoms with Gasteiger partial charge in [0.05, 0.1) is 5.75 Å². The molecule has 0 spiro atoms. The summed E-state index contributed by atoms with van der Waals surface area (Å²) in [6, 6.07) is 4.12. The predicted octanol–water partition coefficient (Wildman–Crippen LogP) is 2.81. The Balaban J connectivity index is 1.49. The highest BCUT2D eigenvalue weighted by Gasteiger charge is 2.21. The van der Waals surface area contributed by atoms with Crippen LogP contribution in [0, 0.1) is 5.92 Å². The van der Waals surface area contributed by atoms with Crippen LogP contribution in [-0.2, 0) is 11.2 Å². The van der Waals surface area contributed by atoms with Gasteiger partial charge in [-0.2, -0.15) is 0 Å². The molecule has 1 atom stereocenters. The van der Waals surface area contributed by atoms with Gasteiger partial charge in [-0.1, -0.05) is 24.8 Å². The van der Waals surface area contributed by atoms with E-state index in [-0.39, 0.29) is 5.91 Å². The van der Waals surface area contributed by atoms with Crippen molar-refractivity contribution >= 4 is 29.0 Å². The zero-order valence-corrected chi connectivity index (χ0v) is 14.3. The van der Waals surface area contributed by atoms with Gasteiger partial charge in [-0.15, -0.1) is 16.4 Å². The molecule has 22 heavy (non-hydrogen) atoms. The third-order valence-corrected chi connectivity index (χ3v) is 5.48. The maximum atomic E-state index is 12.2. The number of nitrogens with one attached hydrogen (secondary N) is 1. The van der Waals surface area contributed by atoms with E-state index < -0.39 is 0 Å². The number of likely N-dealkylation sites (tertiary alicyclic amines) is 1. The largest absolute Gasteiger partial charge is 0.342 e. The van der Waals surface area contributed by atoms with Crippen molar-refractivity contribution < 1.29 is 4.79 Å². The molecule has 1 aliphatic rings. The van der Waals surface area contributed by atoms with Crippen LogP contribution in [0.3, 0.4) is 0 Å². The van der Waals surface area contributed by atoms with Crippen LogP contribution in [0.2, 0.25) is 0 Å². The second-order valence-corrected chi connectivity index (χ2v) is 7.67. The molecule has 0 aromatic carbocycles. The smallest absolute Gasteiger partial charge is 0.233 e. The van der Waals surface area contributed by atoms with Crippen molar-refractivity contribution in [1.29, 1.82) is 0 Å². The Bertz CT molecular complexity index is 611. The van der Waals surface area contributed by atoms with Gasteiger partial charge >= 0.3 is 0 Å². The summed E-state index contributed by atoms with van der Waals surface area (Å²) in [4.78, 5) is 19.9. The minimum absolute atomic E-state index is 0.196. The lowest BCUT2D eigenvalue weighted by atomic mass is 10.0. The zero-order chi connectivity index (χ0) is 15.4. The van der Waals surface area contributed by atoms with Crippen LogP contribution in [0.5, 0.6) is 0 Å². The number of thioether (sulfide) groups is 1. The highest BCUT2D eigenvalue weighted by molar-refractivity contribution is 7.99. The van der Waals surface area contributed by atoms with Crippen molar-refractivity contribution in [2.24, 2.45) is 5.92 Å². The average molecular weight is 336 g/mol. The van der Waals surface area contributed by atoms with Crippen LogP contribution >= 0.6 is 23.1 Å². The van der Waals surface area contributed by atoms with Crippen LogP contribution in [-0.4, -0.2) is 44.8 Å². The summed E-state index contributed by atoms with van der Waals surface area (Å²) in [6.07, 6.45) is 3.11. The topological polar surface area (TPSA) is 61.9 Å². The van der Waals surface area contributed by atoms with Gasteiger partial charge < -0.3 is 4.90 Å². The highest BCUT2D eigenvalue weighted by Crippen LogP contribution is 2.19. The Morgan fingerprint density at radius 3 is 3.27 bits per heavy atom. The van der Waals surface area contributed by atoms with Gasteiger partial charge in [0.1, 0.15) is 5.82 Å². The molecule has 0 radical (unpaired) electrons. The van der Waals surface area contributed by atoms with Gasteiger partial charge in [-0.3, -0.25) is 9.89 Å². The number of rotatable bonds is 5. The van der Waals surface area contributed by atoms with Crippen LogP contribution in [0.15, 0.2) is 22.7 Å². The van der Waals surface area contributed by atoms with Gasteiger partial charge in [-0.05, 0) is 30.2 Å². The fraction of sp³-hybridized carbons (Fsp3) is 0.533. The lowest BCUT2D eigenvalue weighted by Crippen LogP contribution is -2.40. The fourth-order valence-corrected chi connectivity index (χ4v) is 4.06. The normalized spacial score (nSPS) is 18.6. The third-order valence-electron chi connectivity index (χ3n) is 3.77. The second-order valence-electron chi connectivity index (χ2n) is 5.70. The number of aromatic nitrogens is 3. The van der Waals surface area contributed by atoms with Gasteiger partial charge in [0.25, 0.3) is 0 Å². The lowest BCUT2D eigenvalue weighted by Gasteiger charge is -2.30. The minimum Gasteiger partial charge on any atom is -0.342 e. The van der Waals surface area contributed by atoms with Crippen molar-refractivity contribution in [3.05, 3.63) is 28.2 Å². The maximum absolute atomic E-state index is 12.2. The molecule has 118 valence electrons. The van der Waals surface area contributed by atoms with Crippen molar-refractivity contribution in [2.45, 2.75) is 31.3 Å². The number of nitrogens with zero attached hydrogens (tertiary/aromatic N) is 3. The highest BCUT2D eigenvalue weighted by atomic mass is 32.2. The van der Waals surface area contributed by atoms with Crippen molar-refractivity contribution in [3.63, 3.8) is 0 Å². The van der Waals surface area contributed by atoms with E-state index in [9.17, 15) is 4.79 Å². The molecule has 1 amide bonds. The van der Waals surface area contributed by atoms with Gasteiger partial charge in [0, 0.05) is 24.4 Å². The van der Waals surface area contributed by atoms with Crippen molar-refractivity contribution in [2.75, 3.05) is 18.8 Å². The number of amides is 1. The van der Waals surface area contributed by atoms with Gasteiger partial charge in [-0.25, -0.2) is 4.98 Å². The Hall–Kier alpha value is -1.34. The number of aromatic amines is 1. The molecule has 0 saturated carbocycles. The van der Waals surface area contributed by atoms with Gasteiger partial charge in [0.15, 0.2) is 0 Å². The van der Waals surface area contributed by atoms with E-state index in [1.54, 1.807) is 11.3 Å². The summed E-state index contributed by atoms with van der Waals surface area (Å²) in [5.41, 5.74) is 0.